The molecule has 0 unspecified atom stereocenters. The summed E-state index contributed by atoms with van der Waals surface area (Å²) in [4.78, 5) is 16.0. The van der Waals surface area contributed by atoms with E-state index in [1.54, 1.807) is 18.5 Å². The van der Waals surface area contributed by atoms with Crippen LogP contribution < -0.4 is 0 Å². The molecule has 3 rings (SSSR count). The van der Waals surface area contributed by atoms with Gasteiger partial charge in [0.25, 0.3) is 0 Å². The van der Waals surface area contributed by atoms with E-state index in [4.69, 9.17) is 23.2 Å². The molecule has 0 aliphatic rings. The van der Waals surface area contributed by atoms with Gasteiger partial charge in [0.15, 0.2) is 11.6 Å². The molecule has 0 saturated carbocycles. The molecule has 21 heavy (non-hydrogen) atoms. The molecule has 0 spiro atoms. The summed E-state index contributed by atoms with van der Waals surface area (Å²) in [6.45, 7) is 0. The van der Waals surface area contributed by atoms with E-state index in [1.165, 1.54) is 17.0 Å². The van der Waals surface area contributed by atoms with Crippen molar-refractivity contribution in [2.75, 3.05) is 0 Å². The second-order valence-corrected chi connectivity index (χ2v) is 5.49. The summed E-state index contributed by atoms with van der Waals surface area (Å²) in [5.41, 5.74) is 0.133. The Morgan fingerprint density at radius 3 is 2.67 bits per heavy atom. The van der Waals surface area contributed by atoms with Crippen LogP contribution in [0.25, 0.3) is 17.3 Å². The monoisotopic (exact) mass is 387 g/mol. The molecule has 5 nitrogen and oxygen atoms in total. The van der Waals surface area contributed by atoms with E-state index in [0.717, 1.165) is 0 Å². The van der Waals surface area contributed by atoms with Gasteiger partial charge < -0.3 is 0 Å². The number of hydrogen-bond donors (Lipinski definition) is 0. The fourth-order valence-electron chi connectivity index (χ4n) is 1.65. The van der Waals surface area contributed by atoms with Crippen LogP contribution >= 0.6 is 39.1 Å². The van der Waals surface area contributed by atoms with Gasteiger partial charge in [0, 0.05) is 16.9 Å². The van der Waals surface area contributed by atoms with E-state index in [1.807, 2.05) is 0 Å². The molecular weight excluding hydrogens is 384 g/mol. The summed E-state index contributed by atoms with van der Waals surface area (Å²) in [6, 6.07) is 3.12. The van der Waals surface area contributed by atoms with Crippen molar-refractivity contribution in [3.05, 3.63) is 51.4 Å². The predicted molar refractivity (Wildman–Crippen MR) is 80.1 cm³/mol. The van der Waals surface area contributed by atoms with Crippen LogP contribution in [0.2, 0.25) is 10.3 Å². The molecule has 2 aromatic heterocycles. The number of rotatable bonds is 2. The van der Waals surface area contributed by atoms with Crippen molar-refractivity contribution in [3.63, 3.8) is 0 Å². The van der Waals surface area contributed by atoms with Gasteiger partial charge in [-0.2, -0.15) is 15.0 Å². The minimum absolute atomic E-state index is 0.0479. The smallest absolute Gasteiger partial charge is 0.239 e. The predicted octanol–water partition coefficient (Wildman–Crippen LogP) is 3.93. The Hall–Kier alpha value is -1.57. The average Bonchev–Trinajstić information content (AvgIpc) is 2.98. The number of nitrogens with zero attached hydrogens (tertiary/aromatic N) is 5. The lowest BCUT2D eigenvalue weighted by molar-refractivity contribution is 0.629. The van der Waals surface area contributed by atoms with E-state index < -0.39 is 5.82 Å². The number of aromatic nitrogens is 5. The maximum Gasteiger partial charge on any atom is 0.239 e. The lowest BCUT2D eigenvalue weighted by atomic mass is 10.2. The molecule has 0 saturated heterocycles. The van der Waals surface area contributed by atoms with E-state index in [0.29, 0.717) is 4.47 Å². The Labute approximate surface area is 136 Å². The maximum absolute atomic E-state index is 14.2. The SMILES string of the molecule is Fc1c(-c2nc(Cl)nc(-n3ccnc3)n2)ccc(Br)c1Cl. The molecule has 0 radical (unpaired) electrons. The van der Waals surface area contributed by atoms with Crippen molar-refractivity contribution in [2.24, 2.45) is 0 Å². The van der Waals surface area contributed by atoms with Gasteiger partial charge in [0.05, 0.1) is 10.6 Å². The van der Waals surface area contributed by atoms with Gasteiger partial charge in [-0.25, -0.2) is 9.37 Å². The molecule has 2 heterocycles. The second kappa shape index (κ2) is 5.67. The zero-order valence-corrected chi connectivity index (χ0v) is 13.2. The fraction of sp³-hybridized carbons (Fsp3) is 0. The third-order valence-electron chi connectivity index (χ3n) is 2.61. The highest BCUT2D eigenvalue weighted by molar-refractivity contribution is 9.10. The Bertz CT molecular complexity index is 810. The van der Waals surface area contributed by atoms with E-state index in [-0.39, 0.29) is 27.6 Å². The van der Waals surface area contributed by atoms with Crippen molar-refractivity contribution < 1.29 is 4.39 Å². The van der Waals surface area contributed by atoms with Crippen molar-refractivity contribution in [1.29, 1.82) is 0 Å². The Morgan fingerprint density at radius 1 is 1.14 bits per heavy atom. The average molecular weight is 389 g/mol. The zero-order valence-electron chi connectivity index (χ0n) is 10.1. The van der Waals surface area contributed by atoms with Gasteiger partial charge in [0.2, 0.25) is 11.2 Å². The van der Waals surface area contributed by atoms with Crippen LogP contribution in [0.4, 0.5) is 4.39 Å². The van der Waals surface area contributed by atoms with Crippen LogP contribution in [0.15, 0.2) is 35.3 Å². The molecule has 106 valence electrons. The highest BCUT2D eigenvalue weighted by Gasteiger charge is 2.16. The van der Waals surface area contributed by atoms with E-state index in [2.05, 4.69) is 35.9 Å². The summed E-state index contributed by atoms with van der Waals surface area (Å²) in [7, 11) is 0. The summed E-state index contributed by atoms with van der Waals surface area (Å²) >= 11 is 14.9. The van der Waals surface area contributed by atoms with Gasteiger partial charge in [-0.15, -0.1) is 0 Å². The Morgan fingerprint density at radius 2 is 1.95 bits per heavy atom. The lowest BCUT2D eigenvalue weighted by Gasteiger charge is -2.07. The van der Waals surface area contributed by atoms with Gasteiger partial charge in [0.1, 0.15) is 6.33 Å². The van der Waals surface area contributed by atoms with E-state index >= 15 is 0 Å². The van der Waals surface area contributed by atoms with Crippen molar-refractivity contribution >= 4 is 39.1 Å². The summed E-state index contributed by atoms with van der Waals surface area (Å²) in [5, 5.41) is -0.102. The van der Waals surface area contributed by atoms with Crippen LogP contribution in [-0.2, 0) is 0 Å². The van der Waals surface area contributed by atoms with Gasteiger partial charge in [-0.05, 0) is 39.7 Å². The molecule has 9 heteroatoms. The quantitative estimate of drug-likeness (QED) is 0.624. The van der Waals surface area contributed by atoms with Crippen LogP contribution in [0.3, 0.4) is 0 Å². The summed E-state index contributed by atoms with van der Waals surface area (Å²) < 4.78 is 16.2. The third kappa shape index (κ3) is 2.76. The van der Waals surface area contributed by atoms with Crippen LogP contribution in [-0.4, -0.2) is 24.5 Å². The Balaban J connectivity index is 2.18. The van der Waals surface area contributed by atoms with Crippen LogP contribution in [0.5, 0.6) is 0 Å². The highest BCUT2D eigenvalue weighted by atomic mass is 79.9. The standard InChI is InChI=1S/C12H5BrCl2FN5/c13-7-2-1-6(9(16)8(7)14)10-18-11(15)20-12(19-10)21-4-3-17-5-21/h1-5H. The molecule has 1 aromatic carbocycles. The topological polar surface area (TPSA) is 56.5 Å². The van der Waals surface area contributed by atoms with Gasteiger partial charge >= 0.3 is 0 Å². The summed E-state index contributed by atoms with van der Waals surface area (Å²) in [6.07, 6.45) is 4.70. The molecular formula is C12H5BrCl2FN5. The number of imidazole rings is 1. The molecule has 0 bridgehead atoms. The first-order chi connectivity index (χ1) is 10.1. The molecule has 0 aliphatic carbocycles. The largest absolute Gasteiger partial charge is 0.274 e. The number of hydrogen-bond acceptors (Lipinski definition) is 4. The first kappa shape index (κ1) is 14.4. The highest BCUT2D eigenvalue weighted by Crippen LogP contribution is 2.32. The van der Waals surface area contributed by atoms with Crippen LogP contribution in [0.1, 0.15) is 0 Å². The molecule has 0 atom stereocenters. The maximum atomic E-state index is 14.2. The first-order valence-corrected chi connectivity index (χ1v) is 7.15. The minimum Gasteiger partial charge on any atom is -0.274 e. The number of benzene rings is 1. The molecule has 0 N–H and O–H groups in total. The van der Waals surface area contributed by atoms with Crippen molar-refractivity contribution in [3.8, 4) is 17.3 Å². The normalized spacial score (nSPS) is 10.9. The van der Waals surface area contributed by atoms with Gasteiger partial charge in [-0.3, -0.25) is 4.57 Å². The van der Waals surface area contributed by atoms with Gasteiger partial charge in [-0.1, -0.05) is 11.6 Å². The van der Waals surface area contributed by atoms with E-state index in [9.17, 15) is 4.39 Å². The third-order valence-corrected chi connectivity index (χ3v) is 4.04. The molecule has 0 amide bonds. The fourth-order valence-corrected chi connectivity index (χ4v) is 2.28. The molecule has 0 aliphatic heterocycles. The minimum atomic E-state index is -0.634. The summed E-state index contributed by atoms with van der Waals surface area (Å²) in [5.74, 6) is -0.309. The zero-order chi connectivity index (χ0) is 15.0. The first-order valence-electron chi connectivity index (χ1n) is 5.60. The Kier molecular flexibility index (Phi) is 3.88. The molecule has 3 aromatic rings. The lowest BCUT2D eigenvalue weighted by Crippen LogP contribution is -2.04. The van der Waals surface area contributed by atoms with Crippen LogP contribution in [0, 0.1) is 5.82 Å². The number of halogens is 4. The molecule has 0 fully saturated rings. The second-order valence-electron chi connectivity index (χ2n) is 3.92. The van der Waals surface area contributed by atoms with Crippen molar-refractivity contribution in [2.45, 2.75) is 0 Å². The van der Waals surface area contributed by atoms with Crippen molar-refractivity contribution in [1.82, 2.24) is 24.5 Å².